The predicted molar refractivity (Wildman–Crippen MR) is 47.4 cm³/mol. The minimum absolute atomic E-state index is 0.163. The fourth-order valence-electron chi connectivity index (χ4n) is 0.499. The zero-order chi connectivity index (χ0) is 7.28. The van der Waals surface area contributed by atoms with E-state index in [0.29, 0.717) is 5.92 Å². The molecule has 0 spiro atoms. The lowest BCUT2D eigenvalue weighted by atomic mass is 10.1. The summed E-state index contributed by atoms with van der Waals surface area (Å²) in [6.45, 7) is 2.03. The van der Waals surface area contributed by atoms with Gasteiger partial charge in [0.1, 0.15) is 0 Å². The summed E-state index contributed by atoms with van der Waals surface area (Å²) < 4.78 is 0. The monoisotopic (exact) mass is 258 g/mol. The van der Waals surface area contributed by atoms with Crippen LogP contribution >= 0.6 is 31.9 Å². The van der Waals surface area contributed by atoms with E-state index in [9.17, 15) is 5.11 Å². The summed E-state index contributed by atoms with van der Waals surface area (Å²) in [5, 5.41) is 11.0. The van der Waals surface area contributed by atoms with Crippen LogP contribution in [-0.2, 0) is 0 Å². The van der Waals surface area contributed by atoms with Crippen LogP contribution in [0.25, 0.3) is 0 Å². The van der Waals surface area contributed by atoms with Crippen LogP contribution in [0.1, 0.15) is 13.3 Å². The number of aliphatic hydroxyl groups excluding tert-OH is 1. The summed E-state index contributed by atoms with van der Waals surface area (Å²) >= 11 is 6.58. The molecular formula is C6H12Br2O. The molecule has 3 heteroatoms. The van der Waals surface area contributed by atoms with Gasteiger partial charge < -0.3 is 5.11 Å². The highest BCUT2D eigenvalue weighted by molar-refractivity contribution is 9.09. The van der Waals surface area contributed by atoms with Crippen LogP contribution in [-0.4, -0.2) is 21.9 Å². The molecule has 0 radical (unpaired) electrons. The highest BCUT2D eigenvalue weighted by Crippen LogP contribution is 2.10. The number of hydrogen-bond acceptors (Lipinski definition) is 1. The van der Waals surface area contributed by atoms with Gasteiger partial charge in [-0.3, -0.25) is 0 Å². The third-order valence-corrected chi connectivity index (χ3v) is 2.78. The predicted octanol–water partition coefficient (Wildman–Crippen LogP) is 2.16. The lowest BCUT2D eigenvalue weighted by Crippen LogP contribution is -2.18. The smallest absolute Gasteiger partial charge is 0.0581 e. The average molecular weight is 260 g/mol. The van der Waals surface area contributed by atoms with Crippen LogP contribution in [0.4, 0.5) is 0 Å². The first-order chi connectivity index (χ1) is 4.22. The van der Waals surface area contributed by atoms with E-state index in [-0.39, 0.29) is 6.10 Å². The topological polar surface area (TPSA) is 20.2 Å². The van der Waals surface area contributed by atoms with E-state index in [1.54, 1.807) is 0 Å². The second kappa shape index (κ2) is 5.69. The molecule has 0 aliphatic rings. The SMILES string of the molecule is CC(CBr)C(O)CCBr. The van der Waals surface area contributed by atoms with Gasteiger partial charge in [-0.25, -0.2) is 0 Å². The first kappa shape index (κ1) is 9.92. The van der Waals surface area contributed by atoms with Crippen molar-refractivity contribution in [3.05, 3.63) is 0 Å². The molecule has 0 bridgehead atoms. The molecule has 0 aromatic rings. The number of alkyl halides is 2. The van der Waals surface area contributed by atoms with Crippen molar-refractivity contribution in [3.8, 4) is 0 Å². The number of aliphatic hydroxyl groups is 1. The van der Waals surface area contributed by atoms with Gasteiger partial charge in [0.15, 0.2) is 0 Å². The van der Waals surface area contributed by atoms with Crippen LogP contribution in [0, 0.1) is 5.92 Å². The fourth-order valence-corrected chi connectivity index (χ4v) is 1.40. The van der Waals surface area contributed by atoms with Crippen molar-refractivity contribution in [2.75, 3.05) is 10.7 Å². The molecule has 1 nitrogen and oxygen atoms in total. The van der Waals surface area contributed by atoms with Gasteiger partial charge in [0.05, 0.1) is 6.10 Å². The van der Waals surface area contributed by atoms with Crippen LogP contribution in [0.3, 0.4) is 0 Å². The van der Waals surface area contributed by atoms with Gasteiger partial charge in [-0.2, -0.15) is 0 Å². The van der Waals surface area contributed by atoms with Gasteiger partial charge in [-0.15, -0.1) is 0 Å². The second-order valence-electron chi connectivity index (χ2n) is 2.18. The van der Waals surface area contributed by atoms with Crippen LogP contribution in [0.2, 0.25) is 0 Å². The maximum absolute atomic E-state index is 9.26. The first-order valence-electron chi connectivity index (χ1n) is 3.02. The molecule has 0 aliphatic heterocycles. The zero-order valence-electron chi connectivity index (χ0n) is 5.48. The van der Waals surface area contributed by atoms with Crippen LogP contribution in [0.15, 0.2) is 0 Å². The summed E-state index contributed by atoms with van der Waals surface area (Å²) in [4.78, 5) is 0. The Bertz CT molecular complexity index is 68.1. The van der Waals surface area contributed by atoms with E-state index in [1.165, 1.54) is 0 Å². The maximum Gasteiger partial charge on any atom is 0.0581 e. The fraction of sp³-hybridized carbons (Fsp3) is 1.00. The lowest BCUT2D eigenvalue weighted by molar-refractivity contribution is 0.125. The Morgan fingerprint density at radius 2 is 2.00 bits per heavy atom. The minimum Gasteiger partial charge on any atom is -0.393 e. The Morgan fingerprint density at radius 1 is 1.44 bits per heavy atom. The third kappa shape index (κ3) is 4.34. The van der Waals surface area contributed by atoms with Crippen LogP contribution in [0.5, 0.6) is 0 Å². The Kier molecular flexibility index (Phi) is 6.27. The largest absolute Gasteiger partial charge is 0.393 e. The van der Waals surface area contributed by atoms with E-state index in [4.69, 9.17) is 0 Å². The number of hydrogen-bond donors (Lipinski definition) is 1. The van der Waals surface area contributed by atoms with E-state index in [0.717, 1.165) is 17.1 Å². The highest BCUT2D eigenvalue weighted by atomic mass is 79.9. The van der Waals surface area contributed by atoms with Gasteiger partial charge in [0, 0.05) is 10.7 Å². The van der Waals surface area contributed by atoms with Crippen molar-refractivity contribution in [1.29, 1.82) is 0 Å². The first-order valence-corrected chi connectivity index (χ1v) is 5.26. The molecule has 9 heavy (non-hydrogen) atoms. The zero-order valence-corrected chi connectivity index (χ0v) is 8.65. The minimum atomic E-state index is -0.163. The Hall–Kier alpha value is 0.920. The molecule has 0 saturated heterocycles. The summed E-state index contributed by atoms with van der Waals surface area (Å²) in [6, 6.07) is 0. The molecule has 0 aliphatic carbocycles. The van der Waals surface area contributed by atoms with Gasteiger partial charge >= 0.3 is 0 Å². The van der Waals surface area contributed by atoms with Crippen molar-refractivity contribution < 1.29 is 5.11 Å². The van der Waals surface area contributed by atoms with Crippen molar-refractivity contribution in [1.82, 2.24) is 0 Å². The standard InChI is InChI=1S/C6H12Br2O/c1-5(4-8)6(9)2-3-7/h5-6,9H,2-4H2,1H3. The number of halogens is 2. The van der Waals surface area contributed by atoms with Gasteiger partial charge in [-0.05, 0) is 12.3 Å². The lowest BCUT2D eigenvalue weighted by Gasteiger charge is -2.13. The normalized spacial score (nSPS) is 17.3. The van der Waals surface area contributed by atoms with E-state index in [2.05, 4.69) is 31.9 Å². The summed E-state index contributed by atoms with van der Waals surface area (Å²) in [5.41, 5.74) is 0. The second-order valence-corrected chi connectivity index (χ2v) is 3.62. The third-order valence-electron chi connectivity index (χ3n) is 1.31. The quantitative estimate of drug-likeness (QED) is 0.768. The van der Waals surface area contributed by atoms with E-state index in [1.807, 2.05) is 6.92 Å². The maximum atomic E-state index is 9.26. The van der Waals surface area contributed by atoms with Gasteiger partial charge in [0.25, 0.3) is 0 Å². The molecule has 0 aromatic heterocycles. The summed E-state index contributed by atoms with van der Waals surface area (Å²) in [6.07, 6.45) is 0.677. The molecule has 0 aromatic carbocycles. The van der Waals surface area contributed by atoms with Crippen molar-refractivity contribution in [2.45, 2.75) is 19.4 Å². The molecule has 0 rings (SSSR count). The number of rotatable bonds is 4. The Labute approximate surface area is 73.1 Å². The Balaban J connectivity index is 3.32. The van der Waals surface area contributed by atoms with Crippen molar-refractivity contribution in [3.63, 3.8) is 0 Å². The molecule has 0 heterocycles. The summed E-state index contributed by atoms with van der Waals surface area (Å²) in [5.74, 6) is 0.363. The molecule has 0 saturated carbocycles. The summed E-state index contributed by atoms with van der Waals surface area (Å²) in [7, 11) is 0. The molecular weight excluding hydrogens is 248 g/mol. The molecule has 0 amide bonds. The molecule has 56 valence electrons. The molecule has 0 fully saturated rings. The Morgan fingerprint density at radius 3 is 2.33 bits per heavy atom. The average Bonchev–Trinajstić information content (AvgIpc) is 1.87. The van der Waals surface area contributed by atoms with Crippen molar-refractivity contribution >= 4 is 31.9 Å². The van der Waals surface area contributed by atoms with Crippen molar-refractivity contribution in [2.24, 2.45) is 5.92 Å². The van der Waals surface area contributed by atoms with E-state index < -0.39 is 0 Å². The molecule has 2 atom stereocenters. The molecule has 1 N–H and O–H groups in total. The highest BCUT2D eigenvalue weighted by Gasteiger charge is 2.10. The van der Waals surface area contributed by atoms with E-state index >= 15 is 0 Å². The molecule has 2 unspecified atom stereocenters. The van der Waals surface area contributed by atoms with Crippen LogP contribution < -0.4 is 0 Å². The van der Waals surface area contributed by atoms with Gasteiger partial charge in [-0.1, -0.05) is 38.8 Å². The van der Waals surface area contributed by atoms with Gasteiger partial charge in [0.2, 0.25) is 0 Å².